The van der Waals surface area contributed by atoms with Gasteiger partial charge in [-0.15, -0.1) is 0 Å². The maximum atomic E-state index is 12.7. The van der Waals surface area contributed by atoms with Crippen molar-refractivity contribution < 1.29 is 68.7 Å². The second kappa shape index (κ2) is 5.14. The van der Waals surface area contributed by atoms with Gasteiger partial charge in [-0.05, 0) is 6.07 Å². The average Bonchev–Trinajstić information content (AvgIpc) is 1.92. The molecule has 13 heavy (non-hydrogen) atoms. The van der Waals surface area contributed by atoms with E-state index in [1.165, 1.54) is 0 Å². The molecule has 0 nitrogen and oxygen atoms in total. The van der Waals surface area contributed by atoms with Crippen LogP contribution in [0, 0.1) is 5.82 Å². The summed E-state index contributed by atoms with van der Waals surface area (Å²) in [6, 6.07) is 2.80. The second-order valence-electron chi connectivity index (χ2n) is 2.22. The van der Waals surface area contributed by atoms with Crippen LogP contribution in [0.5, 0.6) is 0 Å². The maximum absolute atomic E-state index is 12.7. The fraction of sp³-hybridized carbons (Fsp3) is 0. The number of hydrogen-bond acceptors (Lipinski definition) is 0. The van der Waals surface area contributed by atoms with E-state index in [9.17, 15) is 17.3 Å². The van der Waals surface area contributed by atoms with Gasteiger partial charge in [0.1, 0.15) is 5.82 Å². The van der Waals surface area contributed by atoms with E-state index in [0.29, 0.717) is 6.07 Å². The Morgan fingerprint density at radius 1 is 1.15 bits per heavy atom. The molecule has 0 atom stereocenters. The zero-order valence-electron chi connectivity index (χ0n) is 6.70. The van der Waals surface area contributed by atoms with E-state index in [0.717, 1.165) is 12.1 Å². The summed E-state index contributed by atoms with van der Waals surface area (Å²) in [5.74, 6) is -1.40. The van der Waals surface area contributed by atoms with Crippen LogP contribution in [0.3, 0.4) is 0 Å². The Balaban J connectivity index is 0.00000144. The SMILES string of the molecule is Fc1c(Cl)cccc1[B-](F)(F)F.[K+]. The molecule has 0 saturated heterocycles. The van der Waals surface area contributed by atoms with Gasteiger partial charge in [0.15, 0.2) is 0 Å². The Morgan fingerprint density at radius 2 is 1.69 bits per heavy atom. The van der Waals surface area contributed by atoms with Gasteiger partial charge in [0, 0.05) is 0 Å². The van der Waals surface area contributed by atoms with Crippen molar-refractivity contribution in [2.75, 3.05) is 0 Å². The third-order valence-electron chi connectivity index (χ3n) is 1.33. The number of benzene rings is 1. The number of rotatable bonds is 1. The van der Waals surface area contributed by atoms with E-state index in [-0.39, 0.29) is 51.4 Å². The van der Waals surface area contributed by atoms with Crippen molar-refractivity contribution in [3.8, 4) is 0 Å². The van der Waals surface area contributed by atoms with Crippen molar-refractivity contribution in [3.63, 3.8) is 0 Å². The number of halogens is 5. The molecular formula is C6H3BClF4K. The summed E-state index contributed by atoms with van der Waals surface area (Å²) in [4.78, 5) is 0. The minimum atomic E-state index is -5.31. The molecule has 0 aliphatic rings. The summed E-state index contributed by atoms with van der Waals surface area (Å²) >= 11 is 5.15. The van der Waals surface area contributed by atoms with E-state index >= 15 is 0 Å². The van der Waals surface area contributed by atoms with Gasteiger partial charge >= 0.3 is 58.4 Å². The van der Waals surface area contributed by atoms with E-state index < -0.39 is 23.3 Å². The third-order valence-corrected chi connectivity index (χ3v) is 1.63. The van der Waals surface area contributed by atoms with Gasteiger partial charge in [0.05, 0.1) is 5.02 Å². The molecule has 0 aliphatic heterocycles. The Morgan fingerprint density at radius 3 is 2.08 bits per heavy atom. The molecule has 0 amide bonds. The quantitative estimate of drug-likeness (QED) is 0.457. The monoisotopic (exact) mass is 236 g/mol. The van der Waals surface area contributed by atoms with Gasteiger partial charge < -0.3 is 12.9 Å². The van der Waals surface area contributed by atoms with Crippen molar-refractivity contribution in [1.82, 2.24) is 0 Å². The maximum Gasteiger partial charge on any atom is 1.00 e. The zero-order chi connectivity index (χ0) is 9.35. The minimum absolute atomic E-state index is 0. The van der Waals surface area contributed by atoms with E-state index in [1.54, 1.807) is 0 Å². The first kappa shape index (κ1) is 13.9. The molecular weight excluding hydrogens is 233 g/mol. The summed E-state index contributed by atoms with van der Waals surface area (Å²) < 4.78 is 48.6. The normalized spacial score (nSPS) is 10.8. The van der Waals surface area contributed by atoms with Crippen molar-refractivity contribution >= 4 is 24.0 Å². The Labute approximate surface area is 120 Å². The fourth-order valence-electron chi connectivity index (χ4n) is 0.773. The second-order valence-corrected chi connectivity index (χ2v) is 2.63. The van der Waals surface area contributed by atoms with Gasteiger partial charge in [-0.1, -0.05) is 29.2 Å². The van der Waals surface area contributed by atoms with Gasteiger partial charge in [-0.2, -0.15) is 0 Å². The van der Waals surface area contributed by atoms with Gasteiger partial charge in [0.25, 0.3) is 0 Å². The van der Waals surface area contributed by atoms with E-state index in [1.807, 2.05) is 0 Å². The van der Waals surface area contributed by atoms with Gasteiger partial charge in [-0.25, -0.2) is 4.39 Å². The topological polar surface area (TPSA) is 0 Å². The van der Waals surface area contributed by atoms with Crippen LogP contribution >= 0.6 is 11.6 Å². The standard InChI is InChI=1S/C6H3BClF4.K/c8-5-3-1-2-4(6(5)9)7(10,11)12;/h1-3H;/q-1;+1. The molecule has 0 N–H and O–H groups in total. The third kappa shape index (κ3) is 3.53. The molecule has 1 aromatic rings. The first-order valence-electron chi connectivity index (χ1n) is 3.07. The summed E-state index contributed by atoms with van der Waals surface area (Å²) in [5, 5.41) is -0.508. The van der Waals surface area contributed by atoms with Crippen LogP contribution in [0.4, 0.5) is 17.3 Å². The molecule has 0 saturated carbocycles. The molecule has 0 fully saturated rings. The first-order chi connectivity index (χ1) is 5.43. The van der Waals surface area contributed by atoms with Crippen LogP contribution in [0.2, 0.25) is 5.02 Å². The van der Waals surface area contributed by atoms with Crippen LogP contribution in [-0.4, -0.2) is 6.98 Å². The molecule has 66 valence electrons. The Bertz CT molecular complexity index is 301. The van der Waals surface area contributed by atoms with Crippen LogP contribution in [0.15, 0.2) is 18.2 Å². The van der Waals surface area contributed by atoms with Crippen LogP contribution in [-0.2, 0) is 0 Å². The fourth-order valence-corrected chi connectivity index (χ4v) is 0.955. The average molecular weight is 236 g/mol. The first-order valence-corrected chi connectivity index (χ1v) is 3.44. The van der Waals surface area contributed by atoms with Crippen molar-refractivity contribution in [2.45, 2.75) is 0 Å². The summed E-state index contributed by atoms with van der Waals surface area (Å²) in [5.41, 5.74) is -1.28. The summed E-state index contributed by atoms with van der Waals surface area (Å²) in [6.45, 7) is -5.31. The summed E-state index contributed by atoms with van der Waals surface area (Å²) in [7, 11) is 0. The summed E-state index contributed by atoms with van der Waals surface area (Å²) in [6.07, 6.45) is 0. The molecule has 0 heterocycles. The predicted molar refractivity (Wildman–Crippen MR) is 40.1 cm³/mol. The largest absolute Gasteiger partial charge is 1.00 e. The molecule has 1 aromatic carbocycles. The molecule has 0 bridgehead atoms. The van der Waals surface area contributed by atoms with Crippen molar-refractivity contribution in [2.24, 2.45) is 0 Å². The van der Waals surface area contributed by atoms with E-state index in [4.69, 9.17) is 11.6 Å². The Kier molecular flexibility index (Phi) is 5.50. The predicted octanol–water partition coefficient (Wildman–Crippen LogP) is -0.463. The van der Waals surface area contributed by atoms with E-state index in [2.05, 4.69) is 0 Å². The zero-order valence-corrected chi connectivity index (χ0v) is 10.6. The molecule has 7 heteroatoms. The smallest absolute Gasteiger partial charge is 0.445 e. The molecule has 0 spiro atoms. The minimum Gasteiger partial charge on any atom is -0.445 e. The molecule has 1 rings (SSSR count). The molecule has 0 aliphatic carbocycles. The van der Waals surface area contributed by atoms with Crippen LogP contribution in [0.25, 0.3) is 0 Å². The van der Waals surface area contributed by atoms with Gasteiger partial charge in [0.2, 0.25) is 0 Å². The molecule has 0 unspecified atom stereocenters. The van der Waals surface area contributed by atoms with Crippen molar-refractivity contribution in [3.05, 3.63) is 29.0 Å². The molecule has 0 radical (unpaired) electrons. The van der Waals surface area contributed by atoms with Crippen LogP contribution in [0.1, 0.15) is 0 Å². The Hall–Kier alpha value is 0.931. The molecule has 0 aromatic heterocycles. The van der Waals surface area contributed by atoms with Crippen molar-refractivity contribution in [1.29, 1.82) is 0 Å². The van der Waals surface area contributed by atoms with Gasteiger partial charge in [-0.3, -0.25) is 0 Å². The number of hydrogen-bond donors (Lipinski definition) is 0. The van der Waals surface area contributed by atoms with Crippen LogP contribution < -0.4 is 56.8 Å².